The lowest BCUT2D eigenvalue weighted by atomic mass is 9.95. The molecule has 2 atom stereocenters. The van der Waals surface area contributed by atoms with Gasteiger partial charge in [-0.05, 0) is 46.5 Å². The highest BCUT2D eigenvalue weighted by atomic mass is 16.6. The molecule has 0 aromatic rings. The van der Waals surface area contributed by atoms with E-state index in [1.165, 1.54) is 7.11 Å². The molecule has 1 aliphatic carbocycles. The van der Waals surface area contributed by atoms with E-state index >= 15 is 0 Å². The van der Waals surface area contributed by atoms with Gasteiger partial charge in [0.15, 0.2) is 0 Å². The SMILES string of the molecule is COC(=O)C(CC1CC2(CC2)NC1=O)NC(=O)OC(C)(C)C. The van der Waals surface area contributed by atoms with Crippen LogP contribution < -0.4 is 10.6 Å². The molecule has 0 aromatic carbocycles. The second kappa shape index (κ2) is 5.78. The van der Waals surface area contributed by atoms with Gasteiger partial charge in [-0.2, -0.15) is 0 Å². The highest BCUT2D eigenvalue weighted by molar-refractivity contribution is 5.85. The van der Waals surface area contributed by atoms with Crippen molar-refractivity contribution in [3.8, 4) is 0 Å². The van der Waals surface area contributed by atoms with Crippen molar-refractivity contribution in [3.05, 3.63) is 0 Å². The largest absolute Gasteiger partial charge is 0.467 e. The minimum Gasteiger partial charge on any atom is -0.467 e. The molecule has 0 bridgehead atoms. The van der Waals surface area contributed by atoms with Gasteiger partial charge in [-0.25, -0.2) is 9.59 Å². The monoisotopic (exact) mass is 312 g/mol. The third-order valence-electron chi connectivity index (χ3n) is 3.95. The summed E-state index contributed by atoms with van der Waals surface area (Å²) in [6.07, 6.45) is 2.20. The molecule has 0 radical (unpaired) electrons. The fraction of sp³-hybridized carbons (Fsp3) is 0.800. The first-order chi connectivity index (χ1) is 10.1. The highest BCUT2D eigenvalue weighted by Gasteiger charge is 2.52. The Kier molecular flexibility index (Phi) is 4.35. The third-order valence-corrected chi connectivity index (χ3v) is 3.95. The molecule has 2 fully saturated rings. The molecule has 2 amide bonds. The summed E-state index contributed by atoms with van der Waals surface area (Å²) in [5, 5.41) is 5.48. The molecule has 7 nitrogen and oxygen atoms in total. The first-order valence-corrected chi connectivity index (χ1v) is 7.53. The van der Waals surface area contributed by atoms with E-state index in [1.807, 2.05) is 0 Å². The molecule has 124 valence electrons. The van der Waals surface area contributed by atoms with E-state index in [2.05, 4.69) is 10.6 Å². The summed E-state index contributed by atoms with van der Waals surface area (Å²) in [6, 6.07) is -0.885. The summed E-state index contributed by atoms with van der Waals surface area (Å²) in [6.45, 7) is 5.21. The number of amides is 2. The number of ether oxygens (including phenoxy) is 2. The lowest BCUT2D eigenvalue weighted by Crippen LogP contribution is -2.45. The van der Waals surface area contributed by atoms with Crippen LogP contribution in [0.25, 0.3) is 0 Å². The van der Waals surface area contributed by atoms with Gasteiger partial charge in [0.1, 0.15) is 11.6 Å². The van der Waals surface area contributed by atoms with E-state index in [1.54, 1.807) is 20.8 Å². The van der Waals surface area contributed by atoms with Crippen molar-refractivity contribution in [1.82, 2.24) is 10.6 Å². The van der Waals surface area contributed by atoms with Crippen molar-refractivity contribution in [2.24, 2.45) is 5.92 Å². The van der Waals surface area contributed by atoms with Crippen LogP contribution >= 0.6 is 0 Å². The fourth-order valence-corrected chi connectivity index (χ4v) is 2.74. The molecule has 22 heavy (non-hydrogen) atoms. The van der Waals surface area contributed by atoms with E-state index in [0.29, 0.717) is 6.42 Å². The van der Waals surface area contributed by atoms with Crippen LogP contribution in [0.4, 0.5) is 4.79 Å². The average molecular weight is 312 g/mol. The summed E-state index contributed by atoms with van der Waals surface area (Å²) in [7, 11) is 1.25. The topological polar surface area (TPSA) is 93.7 Å². The van der Waals surface area contributed by atoms with Crippen molar-refractivity contribution in [2.75, 3.05) is 7.11 Å². The lowest BCUT2D eigenvalue weighted by Gasteiger charge is -2.23. The summed E-state index contributed by atoms with van der Waals surface area (Å²) in [5.74, 6) is -0.922. The van der Waals surface area contributed by atoms with Crippen LogP contribution in [0.1, 0.15) is 46.5 Å². The predicted molar refractivity (Wildman–Crippen MR) is 78.0 cm³/mol. The summed E-state index contributed by atoms with van der Waals surface area (Å²) in [4.78, 5) is 35.7. The van der Waals surface area contributed by atoms with Crippen LogP contribution in [-0.2, 0) is 19.1 Å². The lowest BCUT2D eigenvalue weighted by molar-refractivity contribution is -0.143. The smallest absolute Gasteiger partial charge is 0.408 e. The zero-order valence-electron chi connectivity index (χ0n) is 13.5. The molecule has 1 saturated carbocycles. The minimum atomic E-state index is -0.885. The van der Waals surface area contributed by atoms with Gasteiger partial charge < -0.3 is 20.1 Å². The zero-order valence-corrected chi connectivity index (χ0v) is 13.5. The fourth-order valence-electron chi connectivity index (χ4n) is 2.74. The standard InChI is InChI=1S/C15H24N2O5/c1-14(2,3)22-13(20)16-10(12(19)21-4)7-9-8-15(5-6-15)17-11(9)18/h9-10H,5-8H2,1-4H3,(H,16,20)(H,17,18). The van der Waals surface area contributed by atoms with Gasteiger partial charge in [-0.1, -0.05) is 0 Å². The quantitative estimate of drug-likeness (QED) is 0.759. The molecule has 1 heterocycles. The molecule has 1 aliphatic heterocycles. The second-order valence-corrected chi connectivity index (χ2v) is 7.13. The van der Waals surface area contributed by atoms with Gasteiger partial charge in [-0.15, -0.1) is 0 Å². The van der Waals surface area contributed by atoms with Crippen LogP contribution in [0.3, 0.4) is 0 Å². The molecule has 7 heteroatoms. The van der Waals surface area contributed by atoms with Gasteiger partial charge in [0, 0.05) is 11.5 Å². The van der Waals surface area contributed by atoms with Crippen LogP contribution in [0.15, 0.2) is 0 Å². The Balaban J connectivity index is 1.96. The number of rotatable bonds is 4. The number of nitrogens with one attached hydrogen (secondary N) is 2. The van der Waals surface area contributed by atoms with Crippen LogP contribution in [0, 0.1) is 5.92 Å². The number of carbonyl (C=O) groups is 3. The molecule has 2 N–H and O–H groups in total. The van der Waals surface area contributed by atoms with Gasteiger partial charge in [-0.3, -0.25) is 4.79 Å². The van der Waals surface area contributed by atoms with Gasteiger partial charge in [0.2, 0.25) is 5.91 Å². The minimum absolute atomic E-state index is 0.0580. The van der Waals surface area contributed by atoms with Gasteiger partial charge >= 0.3 is 12.1 Å². The van der Waals surface area contributed by atoms with Gasteiger partial charge in [0.05, 0.1) is 7.11 Å². The first-order valence-electron chi connectivity index (χ1n) is 7.53. The third kappa shape index (κ3) is 4.11. The van der Waals surface area contributed by atoms with E-state index < -0.39 is 23.7 Å². The van der Waals surface area contributed by atoms with Crippen molar-refractivity contribution >= 4 is 18.0 Å². The summed E-state index contributed by atoms with van der Waals surface area (Å²) >= 11 is 0. The molecular weight excluding hydrogens is 288 g/mol. The molecule has 2 rings (SSSR count). The van der Waals surface area contributed by atoms with Crippen molar-refractivity contribution in [3.63, 3.8) is 0 Å². The summed E-state index contributed by atoms with van der Waals surface area (Å²) in [5.41, 5.74) is -0.720. The maximum absolute atomic E-state index is 12.0. The molecule has 2 aliphatic rings. The van der Waals surface area contributed by atoms with E-state index in [4.69, 9.17) is 9.47 Å². The number of hydrogen-bond donors (Lipinski definition) is 2. The highest BCUT2D eigenvalue weighted by Crippen LogP contribution is 2.46. The number of methoxy groups -OCH3 is 1. The molecule has 2 unspecified atom stereocenters. The van der Waals surface area contributed by atoms with Crippen LogP contribution in [0.5, 0.6) is 0 Å². The normalized spacial score (nSPS) is 23.6. The Hall–Kier alpha value is -1.79. The molecule has 1 saturated heterocycles. The van der Waals surface area contributed by atoms with E-state index in [9.17, 15) is 14.4 Å². The molecule has 0 aromatic heterocycles. The Morgan fingerprint density at radius 2 is 2.05 bits per heavy atom. The van der Waals surface area contributed by atoms with Crippen LogP contribution in [0.2, 0.25) is 0 Å². The zero-order chi connectivity index (χ0) is 16.5. The number of alkyl carbamates (subject to hydrolysis) is 1. The molecule has 1 spiro atoms. The molecular formula is C15H24N2O5. The average Bonchev–Trinajstić information content (AvgIpc) is 3.05. The van der Waals surface area contributed by atoms with E-state index in [-0.39, 0.29) is 23.8 Å². The summed E-state index contributed by atoms with van der Waals surface area (Å²) < 4.78 is 9.86. The predicted octanol–water partition coefficient (Wildman–Crippen LogP) is 1.11. The number of carbonyl (C=O) groups excluding carboxylic acids is 3. The van der Waals surface area contributed by atoms with Crippen molar-refractivity contribution < 1.29 is 23.9 Å². The number of esters is 1. The van der Waals surface area contributed by atoms with Crippen LogP contribution in [-0.4, -0.2) is 42.3 Å². The van der Waals surface area contributed by atoms with Gasteiger partial charge in [0.25, 0.3) is 0 Å². The Morgan fingerprint density at radius 1 is 1.41 bits per heavy atom. The maximum Gasteiger partial charge on any atom is 0.408 e. The van der Waals surface area contributed by atoms with E-state index in [0.717, 1.165) is 12.8 Å². The Morgan fingerprint density at radius 3 is 2.50 bits per heavy atom. The Bertz CT molecular complexity index is 479. The second-order valence-electron chi connectivity index (χ2n) is 7.13. The Labute approximate surface area is 130 Å². The first kappa shape index (κ1) is 16.6. The van der Waals surface area contributed by atoms with Crippen molar-refractivity contribution in [1.29, 1.82) is 0 Å². The maximum atomic E-state index is 12.0. The number of hydrogen-bond acceptors (Lipinski definition) is 5. The van der Waals surface area contributed by atoms with Crippen molar-refractivity contribution in [2.45, 2.75) is 63.6 Å².